The van der Waals surface area contributed by atoms with Gasteiger partial charge < -0.3 is 5.11 Å². The van der Waals surface area contributed by atoms with Gasteiger partial charge in [-0.3, -0.25) is 4.68 Å². The summed E-state index contributed by atoms with van der Waals surface area (Å²) >= 11 is 1.61. The van der Waals surface area contributed by atoms with Crippen LogP contribution < -0.4 is 0 Å². The Morgan fingerprint density at radius 2 is 2.32 bits per heavy atom. The van der Waals surface area contributed by atoms with E-state index < -0.39 is 0 Å². The van der Waals surface area contributed by atoms with E-state index >= 15 is 0 Å². The molecule has 0 saturated carbocycles. The lowest BCUT2D eigenvalue weighted by atomic mass is 10.1. The molecule has 1 aromatic carbocycles. The van der Waals surface area contributed by atoms with Crippen LogP contribution in [-0.2, 0) is 12.8 Å². The molecular weight excluding hydrogens is 263 g/mol. The maximum Gasteiger partial charge on any atom is 0.124 e. The lowest BCUT2D eigenvalue weighted by Crippen LogP contribution is -1.90. The lowest BCUT2D eigenvalue weighted by molar-refractivity contribution is 0.350. The van der Waals surface area contributed by atoms with Gasteiger partial charge in [0.15, 0.2) is 0 Å². The first-order valence-corrected chi connectivity index (χ1v) is 6.67. The highest BCUT2D eigenvalue weighted by molar-refractivity contribution is 7.98. The molecule has 0 saturated heterocycles. The summed E-state index contributed by atoms with van der Waals surface area (Å²) in [6, 6.07) is 4.53. The molecule has 0 aliphatic heterocycles. The lowest BCUT2D eigenvalue weighted by Gasteiger charge is -2.03. The highest BCUT2D eigenvalue weighted by Gasteiger charge is 2.04. The van der Waals surface area contributed by atoms with Gasteiger partial charge in [0.25, 0.3) is 0 Å². The number of benzene rings is 1. The van der Waals surface area contributed by atoms with Gasteiger partial charge in [0, 0.05) is 29.5 Å². The number of hydrogen-bond acceptors (Lipinski definition) is 3. The molecule has 0 atom stereocenters. The van der Waals surface area contributed by atoms with Gasteiger partial charge in [-0.15, -0.1) is 11.8 Å². The Balaban J connectivity index is 2.15. The van der Waals surface area contributed by atoms with E-state index in [1.54, 1.807) is 28.7 Å². The highest BCUT2D eigenvalue weighted by Crippen LogP contribution is 2.24. The predicted octanol–water partition coefficient (Wildman–Crippen LogP) is 2.20. The minimum Gasteiger partial charge on any atom is -0.384 e. The van der Waals surface area contributed by atoms with E-state index in [1.165, 1.54) is 12.1 Å². The number of nitrogens with zero attached hydrogens (tertiary/aromatic N) is 2. The summed E-state index contributed by atoms with van der Waals surface area (Å²) < 4.78 is 14.9. The standard InChI is InChI=1S/C14H13FN2OS/c1-17-9-14(8-16-17)19-10-12-4-5-13(15)7-11(12)3-2-6-18/h4-5,7-9,18H,6,10H2,1H3. The number of rotatable bonds is 3. The molecule has 0 spiro atoms. The van der Waals surface area contributed by atoms with Gasteiger partial charge in [0.2, 0.25) is 0 Å². The van der Waals surface area contributed by atoms with E-state index in [2.05, 4.69) is 16.9 Å². The van der Waals surface area contributed by atoms with Crippen LogP contribution in [0.15, 0.2) is 35.5 Å². The summed E-state index contributed by atoms with van der Waals surface area (Å²) in [4.78, 5) is 1.05. The first kappa shape index (κ1) is 13.7. The van der Waals surface area contributed by atoms with Crippen LogP contribution in [0.25, 0.3) is 0 Å². The van der Waals surface area contributed by atoms with E-state index in [4.69, 9.17) is 5.11 Å². The molecule has 1 N–H and O–H groups in total. The zero-order valence-electron chi connectivity index (χ0n) is 10.4. The molecule has 0 fully saturated rings. The highest BCUT2D eigenvalue weighted by atomic mass is 32.2. The maximum absolute atomic E-state index is 13.2. The minimum absolute atomic E-state index is 0.230. The molecule has 0 bridgehead atoms. The summed E-state index contributed by atoms with van der Waals surface area (Å²) in [6.07, 6.45) is 3.71. The molecule has 19 heavy (non-hydrogen) atoms. The molecule has 5 heteroatoms. The maximum atomic E-state index is 13.2. The molecule has 0 aliphatic rings. The van der Waals surface area contributed by atoms with Gasteiger partial charge in [0.05, 0.1) is 6.20 Å². The summed E-state index contributed by atoms with van der Waals surface area (Å²) in [6.45, 7) is -0.230. The van der Waals surface area contributed by atoms with Crippen molar-refractivity contribution >= 4 is 11.8 Å². The Morgan fingerprint density at radius 1 is 1.47 bits per heavy atom. The molecular formula is C14H13FN2OS. The van der Waals surface area contributed by atoms with Crippen molar-refractivity contribution in [2.75, 3.05) is 6.61 Å². The molecule has 98 valence electrons. The molecule has 0 amide bonds. The fraction of sp³-hybridized carbons (Fsp3) is 0.214. The average Bonchev–Trinajstić information content (AvgIpc) is 2.81. The first-order valence-electron chi connectivity index (χ1n) is 5.68. The molecule has 2 rings (SSSR count). The van der Waals surface area contributed by atoms with Crippen LogP contribution in [0.2, 0.25) is 0 Å². The van der Waals surface area contributed by atoms with Gasteiger partial charge in [-0.25, -0.2) is 4.39 Å². The number of halogens is 1. The number of thioether (sulfide) groups is 1. The van der Waals surface area contributed by atoms with Crippen molar-refractivity contribution in [1.82, 2.24) is 9.78 Å². The van der Waals surface area contributed by atoms with Crippen molar-refractivity contribution in [3.63, 3.8) is 0 Å². The second-order valence-corrected chi connectivity index (χ2v) is 4.95. The number of aliphatic hydroxyl groups is 1. The minimum atomic E-state index is -0.322. The van der Waals surface area contributed by atoms with Crippen molar-refractivity contribution < 1.29 is 9.50 Å². The fourth-order valence-electron chi connectivity index (χ4n) is 1.56. The molecule has 0 unspecified atom stereocenters. The number of aryl methyl sites for hydroxylation is 1. The van der Waals surface area contributed by atoms with Crippen molar-refractivity contribution in [2.24, 2.45) is 7.05 Å². The Hall–Kier alpha value is -1.77. The van der Waals surface area contributed by atoms with Crippen molar-refractivity contribution in [2.45, 2.75) is 10.6 Å². The van der Waals surface area contributed by atoms with Crippen LogP contribution in [-0.4, -0.2) is 21.5 Å². The van der Waals surface area contributed by atoms with Gasteiger partial charge in [-0.05, 0) is 17.7 Å². The zero-order chi connectivity index (χ0) is 13.7. The van der Waals surface area contributed by atoms with Crippen LogP contribution in [0, 0.1) is 17.7 Å². The van der Waals surface area contributed by atoms with Crippen molar-refractivity contribution in [1.29, 1.82) is 0 Å². The third-order valence-electron chi connectivity index (χ3n) is 2.45. The number of hydrogen-bond donors (Lipinski definition) is 1. The third-order valence-corrected chi connectivity index (χ3v) is 3.45. The monoisotopic (exact) mass is 276 g/mol. The average molecular weight is 276 g/mol. The van der Waals surface area contributed by atoms with Crippen molar-refractivity contribution in [3.8, 4) is 11.8 Å². The van der Waals surface area contributed by atoms with Crippen molar-refractivity contribution in [3.05, 3.63) is 47.5 Å². The van der Waals surface area contributed by atoms with Crippen LogP contribution >= 0.6 is 11.8 Å². The van der Waals surface area contributed by atoms with Gasteiger partial charge in [-0.2, -0.15) is 5.10 Å². The molecule has 2 aromatic rings. The summed E-state index contributed by atoms with van der Waals surface area (Å²) in [5.74, 6) is 5.68. The van der Waals surface area contributed by atoms with Crippen LogP contribution in [0.1, 0.15) is 11.1 Å². The SMILES string of the molecule is Cn1cc(SCc2ccc(F)cc2C#CCO)cn1. The van der Waals surface area contributed by atoms with Crippen LogP contribution in [0.4, 0.5) is 4.39 Å². The van der Waals surface area contributed by atoms with Gasteiger partial charge >= 0.3 is 0 Å². The van der Waals surface area contributed by atoms with Crippen LogP contribution in [0.3, 0.4) is 0 Å². The second-order valence-electron chi connectivity index (χ2n) is 3.90. The van der Waals surface area contributed by atoms with Gasteiger partial charge in [0.1, 0.15) is 12.4 Å². The predicted molar refractivity (Wildman–Crippen MR) is 73.1 cm³/mol. The quantitative estimate of drug-likeness (QED) is 0.690. The molecule has 0 aliphatic carbocycles. The molecule has 1 aromatic heterocycles. The van der Waals surface area contributed by atoms with E-state index in [0.29, 0.717) is 11.3 Å². The summed E-state index contributed by atoms with van der Waals surface area (Å²) in [5.41, 5.74) is 1.56. The first-order chi connectivity index (χ1) is 9.19. The number of aromatic nitrogens is 2. The zero-order valence-corrected chi connectivity index (χ0v) is 11.2. The number of aliphatic hydroxyl groups excluding tert-OH is 1. The Labute approximate surface area is 115 Å². The Kier molecular flexibility index (Phi) is 4.61. The summed E-state index contributed by atoms with van der Waals surface area (Å²) in [5, 5.41) is 12.8. The van der Waals surface area contributed by atoms with Gasteiger partial charge in [-0.1, -0.05) is 17.9 Å². The third kappa shape index (κ3) is 3.85. The van der Waals surface area contributed by atoms with E-state index in [-0.39, 0.29) is 12.4 Å². The Morgan fingerprint density at radius 3 is 3.00 bits per heavy atom. The Bertz CT molecular complexity index is 628. The fourth-order valence-corrected chi connectivity index (χ4v) is 2.48. The largest absolute Gasteiger partial charge is 0.384 e. The topological polar surface area (TPSA) is 38.0 Å². The molecule has 1 heterocycles. The summed E-state index contributed by atoms with van der Waals surface area (Å²) in [7, 11) is 1.86. The van der Waals surface area contributed by atoms with E-state index in [0.717, 1.165) is 10.5 Å². The smallest absolute Gasteiger partial charge is 0.124 e. The molecule has 0 radical (unpaired) electrons. The normalized spacial score (nSPS) is 10.1. The molecule has 3 nitrogen and oxygen atoms in total. The van der Waals surface area contributed by atoms with Crippen LogP contribution in [0.5, 0.6) is 0 Å². The second kappa shape index (κ2) is 6.41. The van der Waals surface area contributed by atoms with E-state index in [9.17, 15) is 4.39 Å². The van der Waals surface area contributed by atoms with E-state index in [1.807, 2.05) is 13.2 Å².